The molecule has 0 unspecified atom stereocenters. The van der Waals surface area contributed by atoms with Gasteiger partial charge in [-0.1, -0.05) is 39.0 Å². The Bertz CT molecular complexity index is 500. The molecule has 2 nitrogen and oxygen atoms in total. The first-order valence-corrected chi connectivity index (χ1v) is 15.1. The van der Waals surface area contributed by atoms with Crippen molar-refractivity contribution in [3.05, 3.63) is 11.3 Å². The van der Waals surface area contributed by atoms with Crippen LogP contribution in [0, 0.1) is 11.3 Å². The summed E-state index contributed by atoms with van der Waals surface area (Å²) in [7, 11) is -3.41. The molecule has 0 bridgehead atoms. The smallest absolute Gasteiger partial charge is 0.211 e. The third-order valence-electron chi connectivity index (χ3n) is 6.48. The minimum absolute atomic E-state index is 0.0193. The molecule has 0 saturated heterocycles. The van der Waals surface area contributed by atoms with E-state index in [1.54, 1.807) is 5.57 Å². The summed E-state index contributed by atoms with van der Waals surface area (Å²) in [5, 5.41) is 0.277. The van der Waals surface area contributed by atoms with Crippen molar-refractivity contribution in [1.29, 1.82) is 0 Å². The zero-order chi connectivity index (χ0) is 17.9. The standard InChI is InChI=1S/C19H38O2Si2/c1-17(2,3)23(9,10)20-14-19(6)12-11-15-16(19)13-22(7,8)21-18(15,4)5/h13,15H,11-12,14H2,1-10H3/t15-,19+/m1/s1. The highest BCUT2D eigenvalue weighted by atomic mass is 28.4. The SMILES string of the molecule is CC1(C)O[Si](C)(C)C=C2[C@H]1CC[C@@]2(C)CO[Si](C)(C)C(C)(C)C. The van der Waals surface area contributed by atoms with E-state index in [-0.39, 0.29) is 16.1 Å². The minimum atomic E-state index is -1.72. The fourth-order valence-corrected chi connectivity index (χ4v) is 8.01. The second-order valence-electron chi connectivity index (χ2n) is 10.6. The topological polar surface area (TPSA) is 18.5 Å². The largest absolute Gasteiger partial charge is 0.416 e. The summed E-state index contributed by atoms with van der Waals surface area (Å²) >= 11 is 0. The van der Waals surface area contributed by atoms with E-state index in [0.717, 1.165) is 6.61 Å². The van der Waals surface area contributed by atoms with Crippen LogP contribution in [0.2, 0.25) is 31.2 Å². The van der Waals surface area contributed by atoms with Crippen molar-refractivity contribution in [3.63, 3.8) is 0 Å². The number of hydrogen-bond donors (Lipinski definition) is 0. The monoisotopic (exact) mass is 354 g/mol. The Morgan fingerprint density at radius 2 is 1.83 bits per heavy atom. The van der Waals surface area contributed by atoms with E-state index < -0.39 is 16.6 Å². The van der Waals surface area contributed by atoms with Crippen LogP contribution in [-0.4, -0.2) is 28.8 Å². The van der Waals surface area contributed by atoms with Crippen molar-refractivity contribution in [2.24, 2.45) is 11.3 Å². The Hall–Kier alpha value is 0.0938. The van der Waals surface area contributed by atoms with Crippen molar-refractivity contribution in [3.8, 4) is 0 Å². The van der Waals surface area contributed by atoms with Gasteiger partial charge in [-0.15, -0.1) is 0 Å². The molecule has 2 aliphatic rings. The summed E-state index contributed by atoms with van der Waals surface area (Å²) in [5.74, 6) is 0.566. The van der Waals surface area contributed by atoms with Gasteiger partial charge in [-0.2, -0.15) is 0 Å². The first-order valence-electron chi connectivity index (χ1n) is 9.17. The third kappa shape index (κ3) is 3.70. The van der Waals surface area contributed by atoms with E-state index in [4.69, 9.17) is 8.85 Å². The molecule has 23 heavy (non-hydrogen) atoms. The molecule has 0 radical (unpaired) electrons. The highest BCUT2D eigenvalue weighted by Gasteiger charge is 2.52. The van der Waals surface area contributed by atoms with E-state index in [2.05, 4.69) is 73.4 Å². The molecule has 2 atom stereocenters. The van der Waals surface area contributed by atoms with E-state index in [1.165, 1.54) is 12.8 Å². The molecule has 1 saturated carbocycles. The van der Waals surface area contributed by atoms with Gasteiger partial charge in [-0.05, 0) is 57.9 Å². The summed E-state index contributed by atoms with van der Waals surface area (Å²) in [6, 6.07) is 0. The van der Waals surface area contributed by atoms with Gasteiger partial charge in [-0.25, -0.2) is 0 Å². The Labute approximate surface area is 146 Å². The van der Waals surface area contributed by atoms with Gasteiger partial charge >= 0.3 is 0 Å². The minimum Gasteiger partial charge on any atom is -0.416 e. The van der Waals surface area contributed by atoms with Crippen LogP contribution >= 0.6 is 0 Å². The van der Waals surface area contributed by atoms with Crippen molar-refractivity contribution in [2.45, 2.75) is 91.2 Å². The Morgan fingerprint density at radius 3 is 2.35 bits per heavy atom. The molecule has 0 spiro atoms. The van der Waals surface area contributed by atoms with Crippen molar-refractivity contribution in [1.82, 2.24) is 0 Å². The predicted molar refractivity (Wildman–Crippen MR) is 105 cm³/mol. The molecule has 1 heterocycles. The molecular formula is C19H38O2Si2. The normalized spacial score (nSPS) is 33.3. The molecule has 0 amide bonds. The first kappa shape index (κ1) is 19.4. The lowest BCUT2D eigenvalue weighted by Crippen LogP contribution is -2.50. The molecular weight excluding hydrogens is 316 g/mol. The van der Waals surface area contributed by atoms with Crippen LogP contribution in [0.1, 0.15) is 54.4 Å². The lowest BCUT2D eigenvalue weighted by atomic mass is 9.79. The number of hydrogen-bond acceptors (Lipinski definition) is 2. The van der Waals surface area contributed by atoms with Crippen molar-refractivity contribution in [2.75, 3.05) is 6.61 Å². The molecule has 1 aliphatic heterocycles. The Balaban J connectivity index is 2.25. The highest BCUT2D eigenvalue weighted by Crippen LogP contribution is 2.55. The van der Waals surface area contributed by atoms with E-state index >= 15 is 0 Å². The van der Waals surface area contributed by atoms with Gasteiger partial charge in [0.05, 0.1) is 5.60 Å². The maximum absolute atomic E-state index is 6.64. The van der Waals surface area contributed by atoms with Gasteiger partial charge in [0.25, 0.3) is 0 Å². The lowest BCUT2D eigenvalue weighted by Gasteiger charge is -2.46. The zero-order valence-electron chi connectivity index (χ0n) is 17.1. The third-order valence-corrected chi connectivity index (χ3v) is 13.0. The van der Waals surface area contributed by atoms with Crippen molar-refractivity contribution < 1.29 is 8.85 Å². The second kappa shape index (κ2) is 5.55. The maximum atomic E-state index is 6.64. The second-order valence-corrected chi connectivity index (χ2v) is 19.1. The van der Waals surface area contributed by atoms with E-state index in [9.17, 15) is 0 Å². The molecule has 1 aliphatic carbocycles. The fourth-order valence-electron chi connectivity index (χ4n) is 4.05. The fraction of sp³-hybridized carbons (Fsp3) is 0.895. The molecule has 2 rings (SSSR count). The quantitative estimate of drug-likeness (QED) is 0.587. The number of fused-ring (bicyclic) bond motifs is 1. The van der Waals surface area contributed by atoms with Crippen LogP contribution in [0.5, 0.6) is 0 Å². The summed E-state index contributed by atoms with van der Waals surface area (Å²) < 4.78 is 13.1. The molecule has 0 aromatic heterocycles. The van der Waals surface area contributed by atoms with Gasteiger partial charge in [0.2, 0.25) is 8.32 Å². The molecule has 4 heteroatoms. The van der Waals surface area contributed by atoms with Crippen LogP contribution in [0.3, 0.4) is 0 Å². The molecule has 134 valence electrons. The number of rotatable bonds is 3. The summed E-state index contributed by atoms with van der Waals surface area (Å²) in [6.07, 6.45) is 2.47. The maximum Gasteiger partial charge on any atom is 0.211 e. The summed E-state index contributed by atoms with van der Waals surface area (Å²) in [5.41, 5.74) is 4.36. The summed E-state index contributed by atoms with van der Waals surface area (Å²) in [4.78, 5) is 0. The molecule has 0 aromatic rings. The van der Waals surface area contributed by atoms with Crippen LogP contribution in [-0.2, 0) is 8.85 Å². The average molecular weight is 355 g/mol. The predicted octanol–water partition coefficient (Wildman–Crippen LogP) is 5.90. The van der Waals surface area contributed by atoms with E-state index in [1.807, 2.05) is 0 Å². The first-order chi connectivity index (χ1) is 10.1. The van der Waals surface area contributed by atoms with Gasteiger partial charge in [0, 0.05) is 17.9 Å². The van der Waals surface area contributed by atoms with Gasteiger partial charge in [-0.3, -0.25) is 0 Å². The van der Waals surface area contributed by atoms with Crippen molar-refractivity contribution >= 4 is 16.6 Å². The molecule has 1 fully saturated rings. The molecule has 0 N–H and O–H groups in total. The highest BCUT2D eigenvalue weighted by molar-refractivity contribution is 6.76. The van der Waals surface area contributed by atoms with Gasteiger partial charge in [0.1, 0.15) is 0 Å². The van der Waals surface area contributed by atoms with Gasteiger partial charge in [0.15, 0.2) is 8.32 Å². The van der Waals surface area contributed by atoms with Crippen LogP contribution in [0.25, 0.3) is 0 Å². The van der Waals surface area contributed by atoms with Crippen LogP contribution < -0.4 is 0 Å². The van der Waals surface area contributed by atoms with E-state index in [0.29, 0.717) is 5.92 Å². The average Bonchev–Trinajstić information content (AvgIpc) is 2.62. The zero-order valence-corrected chi connectivity index (χ0v) is 19.1. The molecule has 0 aromatic carbocycles. The Morgan fingerprint density at radius 1 is 1.26 bits per heavy atom. The van der Waals surface area contributed by atoms with Crippen LogP contribution in [0.4, 0.5) is 0 Å². The Kier molecular flexibility index (Phi) is 4.68. The van der Waals surface area contributed by atoms with Gasteiger partial charge < -0.3 is 8.85 Å². The van der Waals surface area contributed by atoms with Crippen LogP contribution in [0.15, 0.2) is 11.3 Å². The lowest BCUT2D eigenvalue weighted by molar-refractivity contribution is 0.0469. The summed E-state index contributed by atoms with van der Waals surface area (Å²) in [6.45, 7) is 24.2.